The summed E-state index contributed by atoms with van der Waals surface area (Å²) in [5.74, 6) is 2.13. The Morgan fingerprint density at radius 2 is 2.10 bits per heavy atom. The molecule has 0 saturated carbocycles. The van der Waals surface area contributed by atoms with Gasteiger partial charge in [0.2, 0.25) is 0 Å². The summed E-state index contributed by atoms with van der Waals surface area (Å²) in [6.07, 6.45) is 1.15. The first kappa shape index (κ1) is 7.52. The minimum absolute atomic E-state index is 1.15. The van der Waals surface area contributed by atoms with E-state index in [0.29, 0.717) is 0 Å². The van der Waals surface area contributed by atoms with Crippen molar-refractivity contribution in [1.29, 1.82) is 0 Å². The van der Waals surface area contributed by atoms with Crippen molar-refractivity contribution in [2.45, 2.75) is 27.2 Å². The first-order valence-corrected chi connectivity index (χ1v) is 3.80. The molecule has 0 aliphatic carbocycles. The Hall–Kier alpha value is -0.585. The number of aryl methyl sites for hydroxylation is 2. The third kappa shape index (κ3) is 1.28. The van der Waals surface area contributed by atoms with Gasteiger partial charge in [-0.3, -0.25) is 0 Å². The van der Waals surface area contributed by atoms with E-state index in [9.17, 15) is 0 Å². The maximum absolute atomic E-state index is 2.20. The summed E-state index contributed by atoms with van der Waals surface area (Å²) in [7, 11) is 0. The fourth-order valence-corrected chi connectivity index (χ4v) is 1.19. The fraction of sp³-hybridized carbons (Fsp3) is 0.444. The molecule has 1 aromatic heterocycles. The molecule has 0 bridgehead atoms. The molecule has 1 heterocycles. The van der Waals surface area contributed by atoms with Crippen molar-refractivity contribution in [3.63, 3.8) is 0 Å². The van der Waals surface area contributed by atoms with Crippen molar-refractivity contribution in [2.24, 2.45) is 0 Å². The van der Waals surface area contributed by atoms with Crippen molar-refractivity contribution >= 4 is 6.91 Å². The molecule has 0 N–H and O–H groups in total. The Labute approximate surface area is 63.5 Å². The summed E-state index contributed by atoms with van der Waals surface area (Å²) < 4.78 is 0. The Balaban J connectivity index is 3.14. The predicted molar refractivity (Wildman–Crippen MR) is 46.6 cm³/mol. The van der Waals surface area contributed by atoms with Gasteiger partial charge in [0.05, 0.1) is 0 Å². The van der Waals surface area contributed by atoms with E-state index in [1.807, 2.05) is 0 Å². The summed E-state index contributed by atoms with van der Waals surface area (Å²) >= 11 is 0. The topological polar surface area (TPSA) is 0 Å². The van der Waals surface area contributed by atoms with E-state index in [0.717, 1.165) is 6.42 Å². The molecule has 0 radical (unpaired) electrons. The van der Waals surface area contributed by atoms with Crippen LogP contribution in [0.25, 0.3) is 0 Å². The molecule has 0 aliphatic rings. The van der Waals surface area contributed by atoms with E-state index in [-0.39, 0.29) is 0 Å². The first-order valence-electron chi connectivity index (χ1n) is 3.80. The van der Waals surface area contributed by atoms with Crippen LogP contribution in [-0.4, -0.2) is 6.91 Å². The van der Waals surface area contributed by atoms with Gasteiger partial charge in [-0.15, -0.1) is 0 Å². The van der Waals surface area contributed by atoms with E-state index >= 15 is 0 Å². The zero-order valence-electron chi connectivity index (χ0n) is 6.94. The third-order valence-corrected chi connectivity index (χ3v) is 2.10. The third-order valence-electron chi connectivity index (χ3n) is 2.10. The summed E-state index contributed by atoms with van der Waals surface area (Å²) in [6, 6.07) is 2.20. The van der Waals surface area contributed by atoms with Gasteiger partial charge >= 0.3 is 62.7 Å². The summed E-state index contributed by atoms with van der Waals surface area (Å²) in [5.41, 5.74) is 4.32. The Bertz CT molecular complexity index is 228. The molecule has 52 valence electrons. The van der Waals surface area contributed by atoms with Crippen molar-refractivity contribution in [3.05, 3.63) is 28.6 Å². The molecule has 0 nitrogen and oxygen atoms in total. The second-order valence-corrected chi connectivity index (χ2v) is 2.71. The Morgan fingerprint density at radius 1 is 1.40 bits per heavy atom. The summed E-state index contributed by atoms with van der Waals surface area (Å²) in [5, 5.41) is 0. The van der Waals surface area contributed by atoms with E-state index in [4.69, 9.17) is 0 Å². The van der Waals surface area contributed by atoms with Crippen LogP contribution in [0.1, 0.15) is 23.5 Å². The monoisotopic (exact) mass is 132 g/mol. The van der Waals surface area contributed by atoms with Crippen LogP contribution in [0.3, 0.4) is 0 Å². The molecule has 1 aromatic rings. The van der Waals surface area contributed by atoms with Crippen LogP contribution in [0.4, 0.5) is 0 Å². The number of hydrogen-bond acceptors (Lipinski definition) is 0. The first-order chi connectivity index (χ1) is 4.75. The van der Waals surface area contributed by atoms with Gasteiger partial charge in [0.1, 0.15) is 0 Å². The number of rotatable bonds is 1. The molecule has 0 saturated heterocycles. The molecular weight excluding hydrogens is 119 g/mol. The molecule has 0 spiro atoms. The van der Waals surface area contributed by atoms with E-state index in [1.54, 1.807) is 0 Å². The zero-order valence-corrected chi connectivity index (χ0v) is 6.94. The van der Waals surface area contributed by atoms with Gasteiger partial charge < -0.3 is 0 Å². The molecular formula is C9H13B. The van der Waals surface area contributed by atoms with Gasteiger partial charge in [-0.25, -0.2) is 0 Å². The summed E-state index contributed by atoms with van der Waals surface area (Å²) in [6.45, 7) is 8.71. The number of hydrogen-bond donors (Lipinski definition) is 0. The molecule has 0 fully saturated rings. The van der Waals surface area contributed by atoms with Crippen molar-refractivity contribution in [1.82, 2.24) is 0 Å². The molecule has 0 amide bonds. The van der Waals surface area contributed by atoms with Gasteiger partial charge in [0, 0.05) is 0 Å². The average molecular weight is 132 g/mol. The van der Waals surface area contributed by atoms with Gasteiger partial charge in [-0.2, -0.15) is 0 Å². The second kappa shape index (κ2) is 3.00. The van der Waals surface area contributed by atoms with E-state index < -0.39 is 0 Å². The normalized spacial score (nSPS) is 9.50. The quantitative estimate of drug-likeness (QED) is 0.549. The molecule has 0 atom stereocenters. The molecule has 1 heteroatoms. The standard InChI is InChI=1S/C9H13B/c1-4-9-5-6-10-8(3)7(9)2/h5-6H,4H2,1-3H3. The van der Waals surface area contributed by atoms with Crippen molar-refractivity contribution in [2.75, 3.05) is 0 Å². The van der Waals surface area contributed by atoms with Gasteiger partial charge in [0.15, 0.2) is 0 Å². The Kier molecular flexibility index (Phi) is 2.26. The van der Waals surface area contributed by atoms with E-state index in [1.165, 1.54) is 16.6 Å². The second-order valence-electron chi connectivity index (χ2n) is 2.71. The van der Waals surface area contributed by atoms with Crippen LogP contribution in [0.2, 0.25) is 0 Å². The molecule has 10 heavy (non-hydrogen) atoms. The summed E-state index contributed by atoms with van der Waals surface area (Å²) in [4.78, 5) is 0. The van der Waals surface area contributed by atoms with Crippen LogP contribution in [0.15, 0.2) is 12.0 Å². The van der Waals surface area contributed by atoms with E-state index in [2.05, 4.69) is 39.7 Å². The molecule has 1 rings (SSSR count). The minimum atomic E-state index is 1.15. The molecule has 0 aliphatic heterocycles. The molecule has 0 unspecified atom stereocenters. The van der Waals surface area contributed by atoms with Gasteiger partial charge in [-0.05, 0) is 0 Å². The fourth-order valence-electron chi connectivity index (χ4n) is 1.19. The van der Waals surface area contributed by atoms with Gasteiger partial charge in [-0.1, -0.05) is 0 Å². The zero-order chi connectivity index (χ0) is 7.56. The maximum atomic E-state index is 2.20. The van der Waals surface area contributed by atoms with Crippen molar-refractivity contribution in [3.8, 4) is 0 Å². The van der Waals surface area contributed by atoms with Crippen LogP contribution in [-0.2, 0) is 6.42 Å². The van der Waals surface area contributed by atoms with Crippen LogP contribution in [0, 0.1) is 13.8 Å². The van der Waals surface area contributed by atoms with Crippen molar-refractivity contribution < 1.29 is 0 Å². The van der Waals surface area contributed by atoms with Crippen LogP contribution < -0.4 is 0 Å². The molecule has 0 aromatic carbocycles. The Morgan fingerprint density at radius 3 is 2.60 bits per heavy atom. The van der Waals surface area contributed by atoms with Gasteiger partial charge in [0.25, 0.3) is 0 Å². The van der Waals surface area contributed by atoms with Crippen LogP contribution in [0.5, 0.6) is 0 Å². The van der Waals surface area contributed by atoms with Crippen LogP contribution >= 0.6 is 0 Å². The SMILES string of the molecule is CCc1ccbc(C)c1C. The predicted octanol–water partition coefficient (Wildman–Crippen LogP) is 2.20. The average Bonchev–Trinajstić information content (AvgIpc) is 1.95.